The molecule has 0 aliphatic rings. The Morgan fingerprint density at radius 2 is 1.60 bits per heavy atom. The lowest BCUT2D eigenvalue weighted by Crippen LogP contribution is -2.12. The summed E-state index contributed by atoms with van der Waals surface area (Å²) in [5, 5.41) is 11.4. The van der Waals surface area contributed by atoms with E-state index in [1.807, 2.05) is 36.4 Å². The number of benzene rings is 2. The number of hydrogen-bond acceptors (Lipinski definition) is 3. The van der Waals surface area contributed by atoms with E-state index in [2.05, 4.69) is 6.92 Å². The van der Waals surface area contributed by atoms with Gasteiger partial charge in [-0.3, -0.25) is 0 Å². The molecule has 0 aliphatic carbocycles. The fourth-order valence-electron chi connectivity index (χ4n) is 2.03. The van der Waals surface area contributed by atoms with E-state index < -0.39 is 6.10 Å². The van der Waals surface area contributed by atoms with Crippen LogP contribution in [0.1, 0.15) is 26.7 Å². The first kappa shape index (κ1) is 14.7. The molecule has 0 saturated heterocycles. The number of rotatable bonds is 7. The Kier molecular flexibility index (Phi) is 5.24. The van der Waals surface area contributed by atoms with Crippen LogP contribution in [0, 0.1) is 0 Å². The van der Waals surface area contributed by atoms with Crippen molar-refractivity contribution in [2.24, 2.45) is 0 Å². The molecule has 0 radical (unpaired) electrons. The lowest BCUT2D eigenvalue weighted by molar-refractivity contribution is 0.123. The first-order valence-electron chi connectivity index (χ1n) is 7.17. The smallest absolute Gasteiger partial charge is 0.127 e. The van der Waals surface area contributed by atoms with Crippen molar-refractivity contribution in [1.29, 1.82) is 0 Å². The second-order valence-corrected chi connectivity index (χ2v) is 4.97. The summed E-state index contributed by atoms with van der Waals surface area (Å²) in [4.78, 5) is 0. The fourth-order valence-corrected chi connectivity index (χ4v) is 2.03. The molecular formula is C17H22O3. The lowest BCUT2D eigenvalue weighted by atomic mass is 10.1. The van der Waals surface area contributed by atoms with Gasteiger partial charge in [-0.1, -0.05) is 37.6 Å². The SMILES string of the molecule is CCCCOc1ccc(OCC(C)O)c2ccccc12. The third-order valence-electron chi connectivity index (χ3n) is 3.08. The van der Waals surface area contributed by atoms with E-state index in [1.165, 1.54) is 0 Å². The summed E-state index contributed by atoms with van der Waals surface area (Å²) in [6.07, 6.45) is 1.69. The largest absolute Gasteiger partial charge is 0.493 e. The molecule has 0 bridgehead atoms. The van der Waals surface area contributed by atoms with Crippen LogP contribution in [0.4, 0.5) is 0 Å². The van der Waals surface area contributed by atoms with Gasteiger partial charge in [0.25, 0.3) is 0 Å². The molecule has 2 aromatic rings. The molecular weight excluding hydrogens is 252 g/mol. The van der Waals surface area contributed by atoms with E-state index in [-0.39, 0.29) is 0 Å². The van der Waals surface area contributed by atoms with Gasteiger partial charge in [0, 0.05) is 10.8 Å². The topological polar surface area (TPSA) is 38.7 Å². The average molecular weight is 274 g/mol. The van der Waals surface area contributed by atoms with Crippen LogP contribution in [0.3, 0.4) is 0 Å². The minimum atomic E-state index is -0.478. The highest BCUT2D eigenvalue weighted by molar-refractivity contribution is 5.93. The molecule has 0 amide bonds. The Morgan fingerprint density at radius 1 is 1.00 bits per heavy atom. The van der Waals surface area contributed by atoms with Gasteiger partial charge in [0.05, 0.1) is 12.7 Å². The third-order valence-corrected chi connectivity index (χ3v) is 3.08. The van der Waals surface area contributed by atoms with Crippen molar-refractivity contribution in [2.45, 2.75) is 32.8 Å². The zero-order chi connectivity index (χ0) is 14.4. The standard InChI is InChI=1S/C17H22O3/c1-3-4-11-19-16-9-10-17(20-12-13(2)18)15-8-6-5-7-14(15)16/h5-10,13,18H,3-4,11-12H2,1-2H3. The van der Waals surface area contributed by atoms with Gasteiger partial charge in [-0.05, 0) is 25.5 Å². The molecule has 1 unspecified atom stereocenters. The molecule has 0 aromatic heterocycles. The minimum absolute atomic E-state index is 0.292. The van der Waals surface area contributed by atoms with Crippen molar-refractivity contribution in [3.63, 3.8) is 0 Å². The maximum Gasteiger partial charge on any atom is 0.127 e. The van der Waals surface area contributed by atoms with Crippen LogP contribution >= 0.6 is 0 Å². The molecule has 0 fully saturated rings. The summed E-state index contributed by atoms with van der Waals surface area (Å²) in [6.45, 7) is 4.88. The monoisotopic (exact) mass is 274 g/mol. The molecule has 0 saturated carbocycles. The Labute approximate surface area is 120 Å². The molecule has 3 nitrogen and oxygen atoms in total. The van der Waals surface area contributed by atoms with E-state index in [4.69, 9.17) is 9.47 Å². The normalized spacial score (nSPS) is 12.3. The van der Waals surface area contributed by atoms with E-state index >= 15 is 0 Å². The Bertz CT molecular complexity index is 549. The summed E-state index contributed by atoms with van der Waals surface area (Å²) in [5.74, 6) is 1.67. The molecule has 1 atom stereocenters. The van der Waals surface area contributed by atoms with Crippen LogP contribution < -0.4 is 9.47 Å². The molecule has 0 heterocycles. The van der Waals surface area contributed by atoms with Crippen LogP contribution in [0.15, 0.2) is 36.4 Å². The van der Waals surface area contributed by atoms with Gasteiger partial charge in [-0.2, -0.15) is 0 Å². The fraction of sp³-hybridized carbons (Fsp3) is 0.412. The Hall–Kier alpha value is -1.74. The lowest BCUT2D eigenvalue weighted by Gasteiger charge is -2.14. The van der Waals surface area contributed by atoms with Crippen LogP contribution in [0.2, 0.25) is 0 Å². The predicted molar refractivity (Wildman–Crippen MR) is 81.5 cm³/mol. The van der Waals surface area contributed by atoms with Gasteiger partial charge < -0.3 is 14.6 Å². The van der Waals surface area contributed by atoms with Crippen molar-refractivity contribution < 1.29 is 14.6 Å². The van der Waals surface area contributed by atoms with Crippen molar-refractivity contribution in [3.8, 4) is 11.5 Å². The summed E-state index contributed by atoms with van der Waals surface area (Å²) in [6, 6.07) is 11.9. The highest BCUT2D eigenvalue weighted by Crippen LogP contribution is 2.33. The third kappa shape index (κ3) is 3.64. The van der Waals surface area contributed by atoms with Gasteiger partial charge in [0.15, 0.2) is 0 Å². The molecule has 0 spiro atoms. The molecule has 20 heavy (non-hydrogen) atoms. The summed E-state index contributed by atoms with van der Waals surface area (Å²) in [5.41, 5.74) is 0. The van der Waals surface area contributed by atoms with Gasteiger partial charge in [-0.25, -0.2) is 0 Å². The van der Waals surface area contributed by atoms with Crippen LogP contribution in [0.5, 0.6) is 11.5 Å². The number of aliphatic hydroxyl groups is 1. The highest BCUT2D eigenvalue weighted by Gasteiger charge is 2.08. The molecule has 2 aromatic carbocycles. The molecule has 108 valence electrons. The molecule has 0 aliphatic heterocycles. The number of fused-ring (bicyclic) bond motifs is 1. The molecule has 1 N–H and O–H groups in total. The average Bonchev–Trinajstić information content (AvgIpc) is 2.46. The van der Waals surface area contributed by atoms with Crippen molar-refractivity contribution >= 4 is 10.8 Å². The van der Waals surface area contributed by atoms with Crippen molar-refractivity contribution in [2.75, 3.05) is 13.2 Å². The van der Waals surface area contributed by atoms with E-state index in [1.54, 1.807) is 6.92 Å². The number of ether oxygens (including phenoxy) is 2. The quantitative estimate of drug-likeness (QED) is 0.781. The summed E-state index contributed by atoms with van der Waals surface area (Å²) in [7, 11) is 0. The maximum absolute atomic E-state index is 9.33. The second-order valence-electron chi connectivity index (χ2n) is 4.97. The number of hydrogen-bond donors (Lipinski definition) is 1. The summed E-state index contributed by atoms with van der Waals surface area (Å²) >= 11 is 0. The maximum atomic E-state index is 9.33. The van der Waals surface area contributed by atoms with E-state index in [0.717, 1.165) is 41.7 Å². The van der Waals surface area contributed by atoms with Crippen molar-refractivity contribution in [1.82, 2.24) is 0 Å². The van der Waals surface area contributed by atoms with Gasteiger partial charge in [-0.15, -0.1) is 0 Å². The van der Waals surface area contributed by atoms with E-state index in [9.17, 15) is 5.11 Å². The molecule has 3 heteroatoms. The number of aliphatic hydroxyl groups excluding tert-OH is 1. The first-order chi connectivity index (χ1) is 9.72. The molecule has 2 rings (SSSR count). The van der Waals surface area contributed by atoms with Crippen LogP contribution in [-0.4, -0.2) is 24.4 Å². The van der Waals surface area contributed by atoms with Crippen LogP contribution in [0.25, 0.3) is 10.8 Å². The zero-order valence-electron chi connectivity index (χ0n) is 12.1. The second kappa shape index (κ2) is 7.15. The zero-order valence-corrected chi connectivity index (χ0v) is 12.1. The summed E-state index contributed by atoms with van der Waals surface area (Å²) < 4.78 is 11.5. The van der Waals surface area contributed by atoms with Gasteiger partial charge >= 0.3 is 0 Å². The number of unbranched alkanes of at least 4 members (excludes halogenated alkanes) is 1. The highest BCUT2D eigenvalue weighted by atomic mass is 16.5. The minimum Gasteiger partial charge on any atom is -0.493 e. The predicted octanol–water partition coefficient (Wildman–Crippen LogP) is 3.78. The Balaban J connectivity index is 2.26. The Morgan fingerprint density at radius 3 is 2.15 bits per heavy atom. The van der Waals surface area contributed by atoms with Crippen molar-refractivity contribution in [3.05, 3.63) is 36.4 Å². The van der Waals surface area contributed by atoms with Gasteiger partial charge in [0.2, 0.25) is 0 Å². The van der Waals surface area contributed by atoms with E-state index in [0.29, 0.717) is 6.61 Å². The van der Waals surface area contributed by atoms with Gasteiger partial charge in [0.1, 0.15) is 18.1 Å². The van der Waals surface area contributed by atoms with Crippen LogP contribution in [-0.2, 0) is 0 Å². The first-order valence-corrected chi connectivity index (χ1v) is 7.17.